The molecule has 2 rings (SSSR count). The molecule has 1 aliphatic rings. The largest absolute Gasteiger partial charge is 0.480 e. The van der Waals surface area contributed by atoms with E-state index in [2.05, 4.69) is 15.7 Å². The van der Waals surface area contributed by atoms with Crippen LogP contribution in [-0.2, 0) is 18.3 Å². The highest BCUT2D eigenvalue weighted by Gasteiger charge is 2.48. The van der Waals surface area contributed by atoms with E-state index >= 15 is 0 Å². The number of aliphatic carboxylic acids is 1. The second-order valence-corrected chi connectivity index (χ2v) is 5.36. The minimum Gasteiger partial charge on any atom is -0.480 e. The predicted molar refractivity (Wildman–Crippen MR) is 72.2 cm³/mol. The Balaban J connectivity index is 1.80. The monoisotopic (exact) mass is 280 g/mol. The summed E-state index contributed by atoms with van der Waals surface area (Å²) in [5.41, 5.74) is -0.162. The van der Waals surface area contributed by atoms with Crippen molar-refractivity contribution in [2.45, 2.75) is 31.7 Å². The molecular weight excluding hydrogens is 260 g/mol. The maximum Gasteiger partial charge on any atom is 0.329 e. The van der Waals surface area contributed by atoms with Crippen molar-refractivity contribution >= 4 is 12.0 Å². The number of hydrogen-bond acceptors (Lipinski definition) is 3. The number of nitrogens with zero attached hydrogens (tertiary/aromatic N) is 2. The lowest BCUT2D eigenvalue weighted by molar-refractivity contribution is -0.144. The van der Waals surface area contributed by atoms with Crippen LogP contribution >= 0.6 is 0 Å². The van der Waals surface area contributed by atoms with E-state index in [0.717, 1.165) is 18.5 Å². The molecule has 110 valence electrons. The van der Waals surface area contributed by atoms with Crippen LogP contribution in [0.3, 0.4) is 0 Å². The summed E-state index contributed by atoms with van der Waals surface area (Å²) in [6.45, 7) is 2.00. The van der Waals surface area contributed by atoms with Crippen LogP contribution < -0.4 is 10.6 Å². The molecule has 1 fully saturated rings. The smallest absolute Gasteiger partial charge is 0.329 e. The summed E-state index contributed by atoms with van der Waals surface area (Å²) < 4.78 is 1.74. The first-order valence-electron chi connectivity index (χ1n) is 6.70. The summed E-state index contributed by atoms with van der Waals surface area (Å²) in [4.78, 5) is 23.1. The molecule has 1 heterocycles. The Hall–Kier alpha value is -2.05. The highest BCUT2D eigenvalue weighted by Crippen LogP contribution is 2.39. The van der Waals surface area contributed by atoms with Gasteiger partial charge in [-0.1, -0.05) is 0 Å². The summed E-state index contributed by atoms with van der Waals surface area (Å²) >= 11 is 0. The number of aryl methyl sites for hydroxylation is 1. The minimum atomic E-state index is -1.17. The van der Waals surface area contributed by atoms with Crippen LogP contribution in [0.1, 0.15) is 25.5 Å². The van der Waals surface area contributed by atoms with Gasteiger partial charge in [-0.05, 0) is 31.7 Å². The Morgan fingerprint density at radius 1 is 1.55 bits per heavy atom. The van der Waals surface area contributed by atoms with Gasteiger partial charge < -0.3 is 15.7 Å². The van der Waals surface area contributed by atoms with Crippen molar-refractivity contribution in [3.8, 4) is 0 Å². The maximum absolute atomic E-state index is 11.8. The number of carboxylic acid groups (broad SMARTS) is 1. The van der Waals surface area contributed by atoms with E-state index < -0.39 is 17.5 Å². The molecule has 7 heteroatoms. The number of urea groups is 1. The molecule has 0 spiro atoms. The van der Waals surface area contributed by atoms with Crippen molar-refractivity contribution in [2.75, 3.05) is 6.54 Å². The third-order valence-electron chi connectivity index (χ3n) is 3.80. The molecule has 0 bridgehead atoms. The number of amides is 2. The van der Waals surface area contributed by atoms with Crippen LogP contribution in [0.4, 0.5) is 4.79 Å². The molecule has 0 saturated heterocycles. The van der Waals surface area contributed by atoms with Crippen molar-refractivity contribution in [1.29, 1.82) is 0 Å². The van der Waals surface area contributed by atoms with E-state index in [9.17, 15) is 14.7 Å². The number of rotatable bonds is 6. The van der Waals surface area contributed by atoms with Gasteiger partial charge in [0.2, 0.25) is 0 Å². The standard InChI is InChI=1S/C13H20N4O3/c1-13(11(18)19,9-3-4-9)16-12(20)14-7-5-10-6-8-15-17(10)2/h6,8-9H,3-5,7H2,1-2H3,(H,18,19)(H2,14,16,20). The van der Waals surface area contributed by atoms with E-state index in [1.807, 2.05) is 13.1 Å². The second-order valence-electron chi connectivity index (χ2n) is 5.36. The van der Waals surface area contributed by atoms with Gasteiger partial charge in [0, 0.05) is 31.9 Å². The molecule has 1 aromatic heterocycles. The van der Waals surface area contributed by atoms with Gasteiger partial charge in [-0.3, -0.25) is 4.68 Å². The van der Waals surface area contributed by atoms with Crippen LogP contribution in [0.2, 0.25) is 0 Å². The summed E-state index contributed by atoms with van der Waals surface area (Å²) in [7, 11) is 1.84. The zero-order valence-electron chi connectivity index (χ0n) is 11.7. The third kappa shape index (κ3) is 3.09. The van der Waals surface area contributed by atoms with Gasteiger partial charge in [0.25, 0.3) is 0 Å². The highest BCUT2D eigenvalue weighted by molar-refractivity contribution is 5.86. The van der Waals surface area contributed by atoms with Gasteiger partial charge in [0.15, 0.2) is 0 Å². The molecule has 1 unspecified atom stereocenters. The van der Waals surface area contributed by atoms with E-state index in [1.54, 1.807) is 17.8 Å². The third-order valence-corrected chi connectivity index (χ3v) is 3.80. The molecule has 3 N–H and O–H groups in total. The SMILES string of the molecule is Cn1nccc1CCNC(=O)NC(C)(C(=O)O)C1CC1. The van der Waals surface area contributed by atoms with Crippen molar-refractivity contribution in [3.05, 3.63) is 18.0 Å². The van der Waals surface area contributed by atoms with Crippen molar-refractivity contribution in [1.82, 2.24) is 20.4 Å². The summed E-state index contributed by atoms with van der Waals surface area (Å²) in [6.07, 6.45) is 4.04. The Kier molecular flexibility index (Phi) is 3.96. The van der Waals surface area contributed by atoms with Crippen LogP contribution in [0.25, 0.3) is 0 Å². The number of nitrogens with one attached hydrogen (secondary N) is 2. The number of aromatic nitrogens is 2. The van der Waals surface area contributed by atoms with Gasteiger partial charge in [0.05, 0.1) is 0 Å². The fourth-order valence-electron chi connectivity index (χ4n) is 2.22. The lowest BCUT2D eigenvalue weighted by Gasteiger charge is -2.26. The van der Waals surface area contributed by atoms with E-state index in [-0.39, 0.29) is 5.92 Å². The molecule has 20 heavy (non-hydrogen) atoms. The van der Waals surface area contributed by atoms with E-state index in [1.165, 1.54) is 0 Å². The molecule has 1 aromatic rings. The van der Waals surface area contributed by atoms with Crippen LogP contribution in [-0.4, -0.2) is 39.0 Å². The highest BCUT2D eigenvalue weighted by atomic mass is 16.4. The van der Waals surface area contributed by atoms with Crippen molar-refractivity contribution in [2.24, 2.45) is 13.0 Å². The first kappa shape index (κ1) is 14.4. The summed E-state index contributed by atoms with van der Waals surface area (Å²) in [5, 5.41) is 18.6. The quantitative estimate of drug-likeness (QED) is 0.707. The van der Waals surface area contributed by atoms with Gasteiger partial charge in [-0.2, -0.15) is 5.10 Å². The Bertz CT molecular complexity index is 509. The van der Waals surface area contributed by atoms with Crippen molar-refractivity contribution in [3.63, 3.8) is 0 Å². The minimum absolute atomic E-state index is 0.0304. The van der Waals surface area contributed by atoms with Crippen LogP contribution in [0.15, 0.2) is 12.3 Å². The molecule has 1 saturated carbocycles. The van der Waals surface area contributed by atoms with E-state index in [4.69, 9.17) is 0 Å². The molecule has 1 atom stereocenters. The average molecular weight is 280 g/mol. The van der Waals surface area contributed by atoms with Crippen LogP contribution in [0.5, 0.6) is 0 Å². The van der Waals surface area contributed by atoms with Gasteiger partial charge in [-0.25, -0.2) is 9.59 Å². The number of hydrogen-bond donors (Lipinski definition) is 3. The first-order chi connectivity index (χ1) is 9.43. The molecule has 0 radical (unpaired) electrons. The Morgan fingerprint density at radius 3 is 2.75 bits per heavy atom. The van der Waals surface area contributed by atoms with Gasteiger partial charge in [-0.15, -0.1) is 0 Å². The van der Waals surface area contributed by atoms with Crippen LogP contribution in [0, 0.1) is 5.92 Å². The maximum atomic E-state index is 11.8. The summed E-state index contributed by atoms with van der Waals surface area (Å²) in [5.74, 6) is -0.954. The zero-order chi connectivity index (χ0) is 14.8. The molecule has 2 amide bonds. The Labute approximate surface area is 117 Å². The topological polar surface area (TPSA) is 96.3 Å². The average Bonchev–Trinajstić information content (AvgIpc) is 3.15. The molecule has 1 aliphatic carbocycles. The predicted octanol–water partition coefficient (Wildman–Crippen LogP) is 0.515. The first-order valence-corrected chi connectivity index (χ1v) is 6.70. The molecule has 7 nitrogen and oxygen atoms in total. The van der Waals surface area contributed by atoms with Gasteiger partial charge >= 0.3 is 12.0 Å². The second kappa shape index (κ2) is 5.52. The summed E-state index contributed by atoms with van der Waals surface area (Å²) in [6, 6.07) is 1.44. The number of carboxylic acids is 1. The Morgan fingerprint density at radius 2 is 2.25 bits per heavy atom. The number of carbonyl (C=O) groups excluding carboxylic acids is 1. The lowest BCUT2D eigenvalue weighted by Crippen LogP contribution is -2.56. The molecule has 0 aliphatic heterocycles. The van der Waals surface area contributed by atoms with Gasteiger partial charge in [0.1, 0.15) is 5.54 Å². The number of carbonyl (C=O) groups is 2. The fourth-order valence-corrected chi connectivity index (χ4v) is 2.22. The molecule has 0 aromatic carbocycles. The lowest BCUT2D eigenvalue weighted by atomic mass is 9.96. The van der Waals surface area contributed by atoms with E-state index in [0.29, 0.717) is 13.0 Å². The fraction of sp³-hybridized carbons (Fsp3) is 0.615. The van der Waals surface area contributed by atoms with Crippen molar-refractivity contribution < 1.29 is 14.7 Å². The molecular formula is C13H20N4O3. The normalized spacial score (nSPS) is 17.3. The zero-order valence-corrected chi connectivity index (χ0v) is 11.7.